The number of nitriles is 1. The lowest BCUT2D eigenvalue weighted by molar-refractivity contribution is -0.137. The fourth-order valence-electron chi connectivity index (χ4n) is 2.90. The van der Waals surface area contributed by atoms with Crippen LogP contribution >= 0.6 is 23.2 Å². The number of hydrogen-bond acceptors (Lipinski definition) is 4. The smallest absolute Gasteiger partial charge is 0.416 e. The molecule has 0 atom stereocenters. The van der Waals surface area contributed by atoms with E-state index in [0.717, 1.165) is 30.3 Å². The van der Waals surface area contributed by atoms with Crippen LogP contribution in [0.15, 0.2) is 41.2 Å². The van der Waals surface area contributed by atoms with Crippen LogP contribution in [0.5, 0.6) is 5.75 Å². The molecule has 0 fully saturated rings. The van der Waals surface area contributed by atoms with E-state index in [1.807, 2.05) is 0 Å². The van der Waals surface area contributed by atoms with E-state index < -0.39 is 40.1 Å². The molecule has 0 unspecified atom stereocenters. The minimum atomic E-state index is -4.71. The number of phenols is 1. The number of pyridine rings is 1. The summed E-state index contributed by atoms with van der Waals surface area (Å²) >= 11 is 11.9. The third kappa shape index (κ3) is 4.21. The first-order chi connectivity index (χ1) is 14.4. The van der Waals surface area contributed by atoms with Crippen molar-refractivity contribution in [2.45, 2.75) is 6.18 Å². The minimum Gasteiger partial charge on any atom is -0.506 e. The Balaban J connectivity index is 2.36. The number of aromatic amines is 1. The van der Waals surface area contributed by atoms with Crippen LogP contribution in [-0.2, 0) is 6.18 Å². The number of aromatic nitrogens is 1. The molecule has 0 saturated heterocycles. The van der Waals surface area contributed by atoms with Crippen LogP contribution in [0.1, 0.15) is 21.5 Å². The van der Waals surface area contributed by atoms with Crippen molar-refractivity contribution in [1.82, 2.24) is 4.98 Å². The maximum atomic E-state index is 13.2. The number of hydrogen-bond donors (Lipinski definition) is 3. The summed E-state index contributed by atoms with van der Waals surface area (Å²) in [4.78, 5) is 26.1. The van der Waals surface area contributed by atoms with Crippen molar-refractivity contribution in [3.05, 3.63) is 73.5 Å². The van der Waals surface area contributed by atoms with Gasteiger partial charge in [-0.25, -0.2) is 4.79 Å². The highest BCUT2D eigenvalue weighted by atomic mass is 35.5. The second-order valence-electron chi connectivity index (χ2n) is 6.26. The topological polar surface area (TPSA) is 114 Å². The number of aromatic hydroxyl groups is 1. The number of halogens is 5. The molecule has 3 N–H and O–H groups in total. The van der Waals surface area contributed by atoms with Gasteiger partial charge < -0.3 is 15.2 Å². The molecule has 0 aliphatic carbocycles. The summed E-state index contributed by atoms with van der Waals surface area (Å²) in [5, 5.41) is 28.7. The summed E-state index contributed by atoms with van der Waals surface area (Å²) in [6, 6.07) is 7.26. The van der Waals surface area contributed by atoms with Crippen LogP contribution in [0.25, 0.3) is 22.4 Å². The fraction of sp³-hybridized carbons (Fsp3) is 0.0500. The van der Waals surface area contributed by atoms with Gasteiger partial charge in [0.05, 0.1) is 11.3 Å². The van der Waals surface area contributed by atoms with Crippen molar-refractivity contribution in [2.24, 2.45) is 0 Å². The van der Waals surface area contributed by atoms with Crippen molar-refractivity contribution in [3.8, 4) is 34.2 Å². The Labute approximate surface area is 181 Å². The maximum Gasteiger partial charge on any atom is 0.416 e. The molecule has 11 heteroatoms. The van der Waals surface area contributed by atoms with Gasteiger partial charge in [-0.05, 0) is 36.4 Å². The monoisotopic (exact) mass is 468 g/mol. The first kappa shape index (κ1) is 22.2. The number of nitrogens with zero attached hydrogens (tertiary/aromatic N) is 1. The molecule has 0 aliphatic rings. The van der Waals surface area contributed by atoms with E-state index >= 15 is 0 Å². The third-order valence-corrected chi connectivity index (χ3v) is 4.87. The Morgan fingerprint density at radius 2 is 1.74 bits per heavy atom. The van der Waals surface area contributed by atoms with Gasteiger partial charge in [0.15, 0.2) is 0 Å². The summed E-state index contributed by atoms with van der Waals surface area (Å²) < 4.78 is 39.5. The van der Waals surface area contributed by atoms with Gasteiger partial charge in [-0.3, -0.25) is 4.79 Å². The van der Waals surface area contributed by atoms with E-state index in [0.29, 0.717) is 6.07 Å². The Bertz CT molecular complexity index is 1330. The van der Waals surface area contributed by atoms with Crippen molar-refractivity contribution in [3.63, 3.8) is 0 Å². The molecule has 0 aliphatic heterocycles. The first-order valence-electron chi connectivity index (χ1n) is 8.24. The van der Waals surface area contributed by atoms with Crippen molar-refractivity contribution < 1.29 is 28.2 Å². The quantitative estimate of drug-likeness (QED) is 0.481. The van der Waals surface area contributed by atoms with Crippen LogP contribution in [-0.4, -0.2) is 21.2 Å². The number of rotatable bonds is 3. The number of H-pyrrole nitrogens is 1. The molecule has 158 valence electrons. The molecule has 6 nitrogen and oxygen atoms in total. The Morgan fingerprint density at radius 3 is 2.32 bits per heavy atom. The predicted octanol–water partition coefficient (Wildman–Crippen LogP) is 5.31. The van der Waals surface area contributed by atoms with Gasteiger partial charge in [-0.1, -0.05) is 23.2 Å². The molecule has 1 aromatic heterocycles. The lowest BCUT2D eigenvalue weighted by atomic mass is 9.96. The number of carbonyl (C=O) groups is 1. The molecular formula is C20H9Cl2F3N2O4. The van der Waals surface area contributed by atoms with Crippen LogP contribution in [0.2, 0.25) is 10.0 Å². The van der Waals surface area contributed by atoms with Crippen LogP contribution in [0, 0.1) is 11.3 Å². The lowest BCUT2D eigenvalue weighted by Crippen LogP contribution is -2.13. The molecule has 1 heterocycles. The molecule has 0 spiro atoms. The highest BCUT2D eigenvalue weighted by molar-refractivity contribution is 6.33. The molecule has 0 saturated carbocycles. The second kappa shape index (κ2) is 7.98. The maximum absolute atomic E-state index is 13.2. The van der Waals surface area contributed by atoms with E-state index in [4.69, 9.17) is 23.2 Å². The van der Waals surface area contributed by atoms with Gasteiger partial charge in [0.25, 0.3) is 5.56 Å². The minimum absolute atomic E-state index is 0.0888. The van der Waals surface area contributed by atoms with Gasteiger partial charge in [-0.2, -0.15) is 18.4 Å². The van der Waals surface area contributed by atoms with Gasteiger partial charge in [0.2, 0.25) is 0 Å². The molecule has 2 aromatic carbocycles. The number of benzene rings is 2. The zero-order valence-electron chi connectivity index (χ0n) is 15.0. The van der Waals surface area contributed by atoms with E-state index in [-0.39, 0.29) is 32.4 Å². The van der Waals surface area contributed by atoms with Gasteiger partial charge >= 0.3 is 12.1 Å². The molecule has 0 bridgehead atoms. The summed E-state index contributed by atoms with van der Waals surface area (Å²) in [5.74, 6) is -2.24. The Morgan fingerprint density at radius 1 is 1.06 bits per heavy atom. The average molecular weight is 469 g/mol. The summed E-state index contributed by atoms with van der Waals surface area (Å²) in [7, 11) is 0. The predicted molar refractivity (Wildman–Crippen MR) is 106 cm³/mol. The van der Waals surface area contributed by atoms with Gasteiger partial charge in [-0.15, -0.1) is 0 Å². The molecule has 31 heavy (non-hydrogen) atoms. The van der Waals surface area contributed by atoms with E-state index in [2.05, 4.69) is 4.98 Å². The largest absolute Gasteiger partial charge is 0.506 e. The third-order valence-electron chi connectivity index (χ3n) is 4.32. The van der Waals surface area contributed by atoms with Crippen molar-refractivity contribution in [1.29, 1.82) is 5.26 Å². The SMILES string of the molecule is N#Cc1c(-c2cc(C(F)(F)F)ccc2Cl)cc(-c2cc(Cl)cc(C(=O)O)c2O)[nH]c1=O. The number of carboxylic acids is 1. The number of aromatic carboxylic acids is 1. The van der Waals surface area contributed by atoms with Crippen LogP contribution < -0.4 is 5.56 Å². The highest BCUT2D eigenvalue weighted by Gasteiger charge is 2.31. The highest BCUT2D eigenvalue weighted by Crippen LogP contribution is 2.39. The number of nitrogens with one attached hydrogen (secondary N) is 1. The van der Waals surface area contributed by atoms with Crippen molar-refractivity contribution >= 4 is 29.2 Å². The second-order valence-corrected chi connectivity index (χ2v) is 7.10. The van der Waals surface area contributed by atoms with E-state index in [9.17, 15) is 38.2 Å². The first-order valence-corrected chi connectivity index (χ1v) is 9.00. The van der Waals surface area contributed by atoms with Crippen molar-refractivity contribution in [2.75, 3.05) is 0 Å². The average Bonchev–Trinajstić information content (AvgIpc) is 2.68. The molecular weight excluding hydrogens is 460 g/mol. The van der Waals surface area contributed by atoms with Gasteiger partial charge in [0, 0.05) is 26.7 Å². The zero-order chi connectivity index (χ0) is 23.1. The number of alkyl halides is 3. The molecule has 0 radical (unpaired) electrons. The standard InChI is InChI=1S/C20H9Cl2F3N2O4/c21-9-4-12(17(28)13(5-9)19(30)31)16-6-10(14(7-26)18(29)27-16)11-3-8(20(23,24)25)1-2-15(11)22/h1-6,28H,(H,27,29)(H,30,31). The van der Waals surface area contributed by atoms with Gasteiger partial charge in [0.1, 0.15) is 22.9 Å². The fourth-order valence-corrected chi connectivity index (χ4v) is 3.34. The molecule has 3 aromatic rings. The molecule has 3 rings (SSSR count). The molecule has 0 amide bonds. The van der Waals surface area contributed by atoms with E-state index in [1.165, 1.54) is 0 Å². The summed E-state index contributed by atoms with van der Waals surface area (Å²) in [6.07, 6.45) is -4.71. The number of carboxylic acid groups (broad SMARTS) is 1. The van der Waals surface area contributed by atoms with Crippen LogP contribution in [0.4, 0.5) is 13.2 Å². The van der Waals surface area contributed by atoms with Crippen LogP contribution in [0.3, 0.4) is 0 Å². The lowest BCUT2D eigenvalue weighted by Gasteiger charge is -2.14. The zero-order valence-corrected chi connectivity index (χ0v) is 16.5. The summed E-state index contributed by atoms with van der Waals surface area (Å²) in [5.41, 5.74) is -4.02. The van der Waals surface area contributed by atoms with E-state index in [1.54, 1.807) is 6.07 Å². The Hall–Kier alpha value is -3.48. The summed E-state index contributed by atoms with van der Waals surface area (Å²) in [6.45, 7) is 0. The Kier molecular flexibility index (Phi) is 5.72. The normalized spacial score (nSPS) is 11.2.